The highest BCUT2D eigenvalue weighted by Gasteiger charge is 1.97. The normalized spacial score (nSPS) is 9.75. The lowest BCUT2D eigenvalue weighted by Crippen LogP contribution is -1.82. The summed E-state index contributed by atoms with van der Waals surface area (Å²) in [5.41, 5.74) is 3.99. The van der Waals surface area contributed by atoms with E-state index in [1.807, 2.05) is 60.7 Å². The van der Waals surface area contributed by atoms with Gasteiger partial charge < -0.3 is 4.74 Å². The Kier molecular flexibility index (Phi) is 5.10. The molecule has 1 nitrogen and oxygen atoms in total. The van der Waals surface area contributed by atoms with Crippen LogP contribution >= 0.6 is 0 Å². The standard InChI is InChI=1S/C27H18O/c1-28-27-17-13-22(14-18-27)8-10-24-12-16-25-19-23(11-15-26(25)20-24)9-7-21-5-3-2-4-6-21/h2-6,11-20H,1H3. The molecule has 4 aromatic rings. The van der Waals surface area contributed by atoms with E-state index in [1.165, 1.54) is 0 Å². The Morgan fingerprint density at radius 2 is 0.964 bits per heavy atom. The molecule has 0 fully saturated rings. The van der Waals surface area contributed by atoms with Crippen LogP contribution in [0.2, 0.25) is 0 Å². The highest BCUT2D eigenvalue weighted by atomic mass is 16.5. The van der Waals surface area contributed by atoms with Gasteiger partial charge in [0.25, 0.3) is 0 Å². The Labute approximate surface area is 165 Å². The first-order valence-corrected chi connectivity index (χ1v) is 9.07. The van der Waals surface area contributed by atoms with E-state index in [0.29, 0.717) is 0 Å². The number of rotatable bonds is 1. The second-order valence-corrected chi connectivity index (χ2v) is 6.37. The molecule has 0 saturated heterocycles. The number of fused-ring (bicyclic) bond motifs is 1. The molecule has 0 amide bonds. The lowest BCUT2D eigenvalue weighted by atomic mass is 10.0. The molecule has 0 bridgehead atoms. The average Bonchev–Trinajstić information content (AvgIpc) is 2.77. The van der Waals surface area contributed by atoms with Gasteiger partial charge in [0.15, 0.2) is 0 Å². The van der Waals surface area contributed by atoms with Crippen molar-refractivity contribution >= 4 is 10.8 Å². The molecule has 132 valence electrons. The molecule has 0 heterocycles. The molecule has 4 aromatic carbocycles. The molecular weight excluding hydrogens is 340 g/mol. The Morgan fingerprint density at radius 1 is 0.500 bits per heavy atom. The van der Waals surface area contributed by atoms with Crippen LogP contribution in [0, 0.1) is 23.7 Å². The van der Waals surface area contributed by atoms with Crippen LogP contribution in [0.4, 0.5) is 0 Å². The predicted octanol–water partition coefficient (Wildman–Crippen LogP) is 5.65. The van der Waals surface area contributed by atoms with Gasteiger partial charge in [0.1, 0.15) is 5.75 Å². The smallest absolute Gasteiger partial charge is 0.118 e. The Morgan fingerprint density at radius 3 is 1.50 bits per heavy atom. The first-order valence-electron chi connectivity index (χ1n) is 9.07. The molecule has 4 rings (SSSR count). The van der Waals surface area contributed by atoms with Crippen LogP contribution in [0.3, 0.4) is 0 Å². The van der Waals surface area contributed by atoms with E-state index in [9.17, 15) is 0 Å². The average molecular weight is 358 g/mol. The second-order valence-electron chi connectivity index (χ2n) is 6.37. The maximum atomic E-state index is 5.17. The monoisotopic (exact) mass is 358 g/mol. The minimum atomic E-state index is 0.836. The minimum Gasteiger partial charge on any atom is -0.497 e. The molecule has 0 saturated carbocycles. The van der Waals surface area contributed by atoms with E-state index in [2.05, 4.69) is 54.0 Å². The number of benzene rings is 4. The van der Waals surface area contributed by atoms with Crippen LogP contribution in [0.15, 0.2) is 91.0 Å². The van der Waals surface area contributed by atoms with Gasteiger partial charge in [0.2, 0.25) is 0 Å². The molecule has 0 spiro atoms. The summed E-state index contributed by atoms with van der Waals surface area (Å²) in [6, 6.07) is 30.3. The summed E-state index contributed by atoms with van der Waals surface area (Å²) in [4.78, 5) is 0. The van der Waals surface area contributed by atoms with Crippen molar-refractivity contribution in [3.8, 4) is 29.4 Å². The lowest BCUT2D eigenvalue weighted by molar-refractivity contribution is 0.415. The Bertz CT molecular complexity index is 1230. The SMILES string of the molecule is COc1ccc(C#Cc2ccc3cc(C#Cc4ccccc4)ccc3c2)cc1. The van der Waals surface area contributed by atoms with Crippen molar-refractivity contribution in [3.05, 3.63) is 113 Å². The molecule has 0 N–H and O–H groups in total. The molecule has 0 aliphatic heterocycles. The quantitative estimate of drug-likeness (QED) is 0.400. The number of hydrogen-bond acceptors (Lipinski definition) is 1. The third-order valence-corrected chi connectivity index (χ3v) is 4.41. The highest BCUT2D eigenvalue weighted by Crippen LogP contribution is 2.18. The van der Waals surface area contributed by atoms with Crippen LogP contribution in [-0.4, -0.2) is 7.11 Å². The van der Waals surface area contributed by atoms with Crippen LogP contribution in [0.5, 0.6) is 5.75 Å². The fourth-order valence-electron chi connectivity index (χ4n) is 2.89. The van der Waals surface area contributed by atoms with Gasteiger partial charge in [-0.2, -0.15) is 0 Å². The van der Waals surface area contributed by atoms with Crippen molar-refractivity contribution < 1.29 is 4.74 Å². The number of hydrogen-bond donors (Lipinski definition) is 0. The zero-order valence-corrected chi connectivity index (χ0v) is 15.6. The molecule has 28 heavy (non-hydrogen) atoms. The summed E-state index contributed by atoms with van der Waals surface area (Å²) in [7, 11) is 1.66. The summed E-state index contributed by atoms with van der Waals surface area (Å²) in [5.74, 6) is 13.7. The highest BCUT2D eigenvalue weighted by molar-refractivity contribution is 5.85. The van der Waals surface area contributed by atoms with E-state index in [-0.39, 0.29) is 0 Å². The summed E-state index contributed by atoms with van der Waals surface area (Å²) in [6.07, 6.45) is 0. The molecule has 0 aliphatic carbocycles. The van der Waals surface area contributed by atoms with Gasteiger partial charge in [-0.15, -0.1) is 0 Å². The van der Waals surface area contributed by atoms with Crippen molar-refractivity contribution in [1.82, 2.24) is 0 Å². The van der Waals surface area contributed by atoms with Crippen LogP contribution in [0.25, 0.3) is 10.8 Å². The zero-order chi connectivity index (χ0) is 19.2. The van der Waals surface area contributed by atoms with Crippen LogP contribution in [0.1, 0.15) is 22.3 Å². The Balaban J connectivity index is 1.57. The van der Waals surface area contributed by atoms with Crippen molar-refractivity contribution in [1.29, 1.82) is 0 Å². The predicted molar refractivity (Wildman–Crippen MR) is 115 cm³/mol. The van der Waals surface area contributed by atoms with Gasteiger partial charge in [-0.25, -0.2) is 0 Å². The van der Waals surface area contributed by atoms with E-state index in [4.69, 9.17) is 4.74 Å². The Hall–Kier alpha value is -3.94. The van der Waals surface area contributed by atoms with E-state index >= 15 is 0 Å². The molecule has 0 unspecified atom stereocenters. The van der Waals surface area contributed by atoms with E-state index < -0.39 is 0 Å². The molecule has 0 radical (unpaired) electrons. The number of methoxy groups -OCH3 is 1. The molecule has 0 aromatic heterocycles. The van der Waals surface area contributed by atoms with Crippen molar-refractivity contribution in [2.45, 2.75) is 0 Å². The van der Waals surface area contributed by atoms with Crippen LogP contribution < -0.4 is 4.74 Å². The van der Waals surface area contributed by atoms with Crippen molar-refractivity contribution in [2.75, 3.05) is 7.11 Å². The number of ether oxygens (including phenoxy) is 1. The lowest BCUT2D eigenvalue weighted by Gasteiger charge is -2.00. The summed E-state index contributed by atoms with van der Waals surface area (Å²) in [5, 5.41) is 2.32. The van der Waals surface area contributed by atoms with Gasteiger partial charge in [-0.05, 0) is 71.4 Å². The molecular formula is C27H18O. The molecule has 0 atom stereocenters. The van der Waals surface area contributed by atoms with Crippen molar-refractivity contribution in [2.24, 2.45) is 0 Å². The minimum absolute atomic E-state index is 0.836. The largest absolute Gasteiger partial charge is 0.497 e. The van der Waals surface area contributed by atoms with Gasteiger partial charge in [-0.3, -0.25) is 0 Å². The van der Waals surface area contributed by atoms with Crippen molar-refractivity contribution in [3.63, 3.8) is 0 Å². The third kappa shape index (κ3) is 4.24. The summed E-state index contributed by atoms with van der Waals surface area (Å²) >= 11 is 0. The topological polar surface area (TPSA) is 9.23 Å². The molecule has 1 heteroatoms. The maximum Gasteiger partial charge on any atom is 0.118 e. The van der Waals surface area contributed by atoms with E-state index in [1.54, 1.807) is 7.11 Å². The van der Waals surface area contributed by atoms with Gasteiger partial charge in [0, 0.05) is 22.3 Å². The molecule has 0 aliphatic rings. The van der Waals surface area contributed by atoms with E-state index in [0.717, 1.165) is 38.8 Å². The first kappa shape index (κ1) is 17.5. The fourth-order valence-corrected chi connectivity index (χ4v) is 2.89. The maximum absolute atomic E-state index is 5.17. The van der Waals surface area contributed by atoms with Gasteiger partial charge in [-0.1, -0.05) is 54.0 Å². The summed E-state index contributed by atoms with van der Waals surface area (Å²) < 4.78 is 5.17. The first-order chi connectivity index (χ1) is 13.8. The van der Waals surface area contributed by atoms with Crippen LogP contribution in [-0.2, 0) is 0 Å². The van der Waals surface area contributed by atoms with Gasteiger partial charge in [0.05, 0.1) is 7.11 Å². The fraction of sp³-hybridized carbons (Fsp3) is 0.0370. The zero-order valence-electron chi connectivity index (χ0n) is 15.6. The summed E-state index contributed by atoms with van der Waals surface area (Å²) in [6.45, 7) is 0. The second kappa shape index (κ2) is 8.17. The van der Waals surface area contributed by atoms with Gasteiger partial charge >= 0.3 is 0 Å². The third-order valence-electron chi connectivity index (χ3n) is 4.41.